The largest absolute Gasteiger partial charge is 0.465 e. The average Bonchev–Trinajstić information content (AvgIpc) is 2.76. The maximum absolute atomic E-state index is 14.8. The lowest BCUT2D eigenvalue weighted by molar-refractivity contribution is -0.0806. The Kier molecular flexibility index (Phi) is 7.72. The molecule has 1 aromatic carbocycles. The number of fused-ring (bicyclic) bond motifs is 1. The number of carbonyl (C=O) groups is 2. The quantitative estimate of drug-likeness (QED) is 0.557. The van der Waals surface area contributed by atoms with Crippen molar-refractivity contribution >= 4 is 12.1 Å². The van der Waals surface area contributed by atoms with Crippen molar-refractivity contribution in [2.24, 2.45) is 0 Å². The van der Waals surface area contributed by atoms with E-state index in [1.54, 1.807) is 6.07 Å². The van der Waals surface area contributed by atoms with Gasteiger partial charge in [-0.2, -0.15) is 0 Å². The average molecular weight is 463 g/mol. The molecule has 1 saturated carbocycles. The highest BCUT2D eigenvalue weighted by atomic mass is 19.1. The van der Waals surface area contributed by atoms with Crippen molar-refractivity contribution in [1.29, 1.82) is 0 Å². The van der Waals surface area contributed by atoms with Crippen molar-refractivity contribution in [3.63, 3.8) is 0 Å². The summed E-state index contributed by atoms with van der Waals surface area (Å²) in [5, 5.41) is 0. The Bertz CT molecular complexity index is 874. The zero-order valence-corrected chi connectivity index (χ0v) is 21.0. The van der Waals surface area contributed by atoms with E-state index in [1.165, 1.54) is 13.2 Å². The van der Waals surface area contributed by atoms with Gasteiger partial charge in [-0.25, -0.2) is 14.0 Å². The molecule has 184 valence electrons. The Morgan fingerprint density at radius 2 is 1.82 bits per heavy atom. The second-order valence-electron chi connectivity index (χ2n) is 10.2. The third kappa shape index (κ3) is 5.34. The number of halogens is 1. The molecule has 4 rings (SSSR count). The third-order valence-electron chi connectivity index (χ3n) is 6.95. The summed E-state index contributed by atoms with van der Waals surface area (Å²) < 4.78 is 25.2. The summed E-state index contributed by atoms with van der Waals surface area (Å²) in [7, 11) is 1.31. The molecule has 1 aliphatic carbocycles. The van der Waals surface area contributed by atoms with Crippen LogP contribution in [0.4, 0.5) is 9.18 Å². The molecule has 0 aromatic heterocycles. The van der Waals surface area contributed by atoms with Crippen LogP contribution in [0, 0.1) is 5.82 Å². The number of likely N-dealkylation sites (tertiary alicyclic amines) is 1. The van der Waals surface area contributed by atoms with Gasteiger partial charge in [0.1, 0.15) is 11.4 Å². The molecule has 2 heterocycles. The topological polar surface area (TPSA) is 59.1 Å². The normalized spacial score (nSPS) is 24.8. The number of hydrogen-bond acceptors (Lipinski definition) is 5. The van der Waals surface area contributed by atoms with E-state index in [1.807, 2.05) is 39.5 Å². The first-order valence-corrected chi connectivity index (χ1v) is 12.3. The van der Waals surface area contributed by atoms with Crippen molar-refractivity contribution in [3.8, 4) is 0 Å². The Morgan fingerprint density at radius 1 is 1.12 bits per heavy atom. The summed E-state index contributed by atoms with van der Waals surface area (Å²) in [6.07, 6.45) is 5.44. The lowest BCUT2D eigenvalue weighted by atomic mass is 9.66. The molecule has 1 spiro atoms. The van der Waals surface area contributed by atoms with Gasteiger partial charge in [0.2, 0.25) is 0 Å². The van der Waals surface area contributed by atoms with Gasteiger partial charge >= 0.3 is 12.1 Å². The smallest absolute Gasteiger partial charge is 0.410 e. The van der Waals surface area contributed by atoms with Crippen LogP contribution in [-0.2, 0) is 22.4 Å². The minimum absolute atomic E-state index is 0.126. The number of carbonyl (C=O) groups excluding carboxylic acids is 2. The van der Waals surface area contributed by atoms with E-state index in [0.29, 0.717) is 24.6 Å². The highest BCUT2D eigenvalue weighted by Crippen LogP contribution is 2.48. The second-order valence-corrected chi connectivity index (χ2v) is 10.2. The molecule has 3 aliphatic rings. The number of hydrogen-bond donors (Lipinski definition) is 0. The highest BCUT2D eigenvalue weighted by molar-refractivity contribution is 5.89. The molecule has 0 N–H and O–H groups in total. The number of benzene rings is 1. The minimum atomic E-state index is -0.510. The van der Waals surface area contributed by atoms with E-state index in [-0.39, 0.29) is 23.0 Å². The predicted molar refractivity (Wildman–Crippen MR) is 126 cm³/mol. The van der Waals surface area contributed by atoms with E-state index < -0.39 is 11.6 Å². The van der Waals surface area contributed by atoms with Gasteiger partial charge < -0.3 is 14.4 Å². The Balaban J connectivity index is 0.00000149. The van der Waals surface area contributed by atoms with Crippen LogP contribution in [0.2, 0.25) is 0 Å². The molecular formula is C26H39FN2O4. The summed E-state index contributed by atoms with van der Waals surface area (Å²) >= 11 is 0. The molecule has 2 aliphatic heterocycles. The first kappa shape index (κ1) is 25.5. The number of esters is 1. The molecule has 7 heteroatoms. The zero-order chi connectivity index (χ0) is 24.4. The summed E-state index contributed by atoms with van der Waals surface area (Å²) in [6, 6.07) is 3.37. The van der Waals surface area contributed by atoms with Crippen LogP contribution in [0.5, 0.6) is 0 Å². The summed E-state index contributed by atoms with van der Waals surface area (Å²) in [5.41, 5.74) is 1.20. The van der Waals surface area contributed by atoms with Crippen LogP contribution in [-0.4, -0.2) is 59.2 Å². The van der Waals surface area contributed by atoms with Crippen molar-refractivity contribution in [1.82, 2.24) is 9.80 Å². The van der Waals surface area contributed by atoms with Crippen LogP contribution in [0.15, 0.2) is 12.1 Å². The third-order valence-corrected chi connectivity index (χ3v) is 6.95. The van der Waals surface area contributed by atoms with Crippen molar-refractivity contribution in [2.45, 2.75) is 96.9 Å². The number of piperidine rings is 1. The van der Waals surface area contributed by atoms with Gasteiger partial charge in [-0.1, -0.05) is 13.8 Å². The lowest BCUT2D eigenvalue weighted by Crippen LogP contribution is -2.67. The monoisotopic (exact) mass is 462 g/mol. The van der Waals surface area contributed by atoms with Gasteiger partial charge in [0, 0.05) is 36.8 Å². The van der Waals surface area contributed by atoms with E-state index >= 15 is 0 Å². The fourth-order valence-electron chi connectivity index (χ4n) is 5.39. The maximum atomic E-state index is 14.8. The molecule has 1 amide bonds. The fraction of sp³-hybridized carbons (Fsp3) is 0.692. The molecule has 0 bridgehead atoms. The first-order valence-electron chi connectivity index (χ1n) is 12.3. The van der Waals surface area contributed by atoms with Crippen LogP contribution in [0.1, 0.15) is 88.2 Å². The van der Waals surface area contributed by atoms with Crippen LogP contribution < -0.4 is 0 Å². The summed E-state index contributed by atoms with van der Waals surface area (Å²) in [6.45, 7) is 11.8. The van der Waals surface area contributed by atoms with Gasteiger partial charge in [-0.05, 0) is 77.0 Å². The fourth-order valence-corrected chi connectivity index (χ4v) is 5.39. The van der Waals surface area contributed by atoms with E-state index in [0.717, 1.165) is 50.8 Å². The van der Waals surface area contributed by atoms with E-state index in [2.05, 4.69) is 4.90 Å². The molecule has 0 unspecified atom stereocenters. The number of methoxy groups -OCH3 is 1. The standard InChI is InChI=1S/C24H33FN2O4.C2H6/c1-23(2,3)31-22(29)27-9-6-5-8-24(27)13-18(14-24)26-10-7-16-11-17(21(28)30-4)12-20(25)19(16)15-26;1-2/h11-12,18H,5-10,13-15H2,1-4H3;1-2H3. The number of nitrogens with zero attached hydrogens (tertiary/aromatic N) is 2. The van der Waals surface area contributed by atoms with Crippen LogP contribution in [0.25, 0.3) is 0 Å². The van der Waals surface area contributed by atoms with E-state index in [9.17, 15) is 14.0 Å². The Morgan fingerprint density at radius 3 is 2.45 bits per heavy atom. The van der Waals surface area contributed by atoms with Crippen molar-refractivity contribution in [2.75, 3.05) is 20.2 Å². The highest BCUT2D eigenvalue weighted by Gasteiger charge is 2.53. The molecule has 33 heavy (non-hydrogen) atoms. The van der Waals surface area contributed by atoms with Crippen molar-refractivity contribution in [3.05, 3.63) is 34.6 Å². The maximum Gasteiger partial charge on any atom is 0.410 e. The Labute approximate surface area is 197 Å². The number of ether oxygens (including phenoxy) is 2. The van der Waals surface area contributed by atoms with Gasteiger partial charge in [0.25, 0.3) is 0 Å². The minimum Gasteiger partial charge on any atom is -0.465 e. The zero-order valence-electron chi connectivity index (χ0n) is 21.0. The van der Waals surface area contributed by atoms with Gasteiger partial charge in [0.15, 0.2) is 0 Å². The summed E-state index contributed by atoms with van der Waals surface area (Å²) in [4.78, 5) is 28.9. The molecular weight excluding hydrogens is 423 g/mol. The van der Waals surface area contributed by atoms with E-state index in [4.69, 9.17) is 9.47 Å². The molecule has 1 aromatic rings. The number of amides is 1. The SMILES string of the molecule is CC.COC(=O)c1cc(F)c2c(c1)CCN(C1CC3(CCCCN3C(=O)OC(C)(C)C)C1)C2. The summed E-state index contributed by atoms with van der Waals surface area (Å²) in [5.74, 6) is -0.853. The second kappa shape index (κ2) is 10.00. The molecule has 2 fully saturated rings. The molecule has 0 radical (unpaired) electrons. The first-order chi connectivity index (χ1) is 15.6. The lowest BCUT2D eigenvalue weighted by Gasteiger charge is -2.59. The Hall–Kier alpha value is -2.15. The van der Waals surface area contributed by atoms with Crippen LogP contribution >= 0.6 is 0 Å². The van der Waals surface area contributed by atoms with Gasteiger partial charge in [0.05, 0.1) is 12.7 Å². The van der Waals surface area contributed by atoms with Gasteiger partial charge in [-0.15, -0.1) is 0 Å². The predicted octanol–water partition coefficient (Wildman–Crippen LogP) is 5.32. The molecule has 1 saturated heterocycles. The molecule has 6 nitrogen and oxygen atoms in total. The van der Waals surface area contributed by atoms with Crippen molar-refractivity contribution < 1.29 is 23.5 Å². The number of rotatable bonds is 2. The van der Waals surface area contributed by atoms with Crippen LogP contribution in [0.3, 0.4) is 0 Å². The molecule has 0 atom stereocenters. The van der Waals surface area contributed by atoms with Gasteiger partial charge in [-0.3, -0.25) is 4.90 Å².